The Balaban J connectivity index is 1.84. The van der Waals surface area contributed by atoms with E-state index in [9.17, 15) is 4.79 Å². The molecule has 0 heterocycles. The average molecular weight is 315 g/mol. The van der Waals surface area contributed by atoms with Gasteiger partial charge in [-0.1, -0.05) is 54.1 Å². The summed E-state index contributed by atoms with van der Waals surface area (Å²) in [4.78, 5) is 11.5. The molecule has 112 valence electrons. The molecule has 2 aromatic carbocycles. The molecule has 0 aliphatic rings. The summed E-state index contributed by atoms with van der Waals surface area (Å²) in [6, 6.07) is 14.4. The van der Waals surface area contributed by atoms with Crippen molar-refractivity contribution in [2.24, 2.45) is 10.2 Å². The molecule has 5 nitrogen and oxygen atoms in total. The highest BCUT2D eigenvalue weighted by atomic mass is 35.5. The van der Waals surface area contributed by atoms with Crippen molar-refractivity contribution in [3.8, 4) is 0 Å². The van der Waals surface area contributed by atoms with Gasteiger partial charge in [0.25, 0.3) is 0 Å². The van der Waals surface area contributed by atoms with Crippen molar-refractivity contribution in [3.63, 3.8) is 0 Å². The van der Waals surface area contributed by atoms with Crippen molar-refractivity contribution >= 4 is 30.1 Å². The van der Waals surface area contributed by atoms with E-state index in [2.05, 4.69) is 21.1 Å². The van der Waals surface area contributed by atoms with Gasteiger partial charge in [0.2, 0.25) is 0 Å². The standard InChI is InChI=1S/C16H15ClN4O/c1-12-6-2-3-7-13(12)10-18-20-16(22)21-19-11-14-8-4-5-9-15(14)17/h2-11H,1H3,(H2,20,21,22)/b18-10+,19-11+. The third-order valence-corrected chi connectivity index (χ3v) is 3.18. The molecule has 0 bridgehead atoms. The molecule has 0 saturated heterocycles. The molecule has 0 unspecified atom stereocenters. The highest BCUT2D eigenvalue weighted by Crippen LogP contribution is 2.11. The molecule has 2 aromatic rings. The molecule has 0 radical (unpaired) electrons. The van der Waals surface area contributed by atoms with Crippen LogP contribution in [-0.4, -0.2) is 18.5 Å². The predicted octanol–water partition coefficient (Wildman–Crippen LogP) is 3.32. The SMILES string of the molecule is Cc1ccccc1/C=N/NC(=O)N/N=C/c1ccccc1Cl. The molecule has 0 spiro atoms. The summed E-state index contributed by atoms with van der Waals surface area (Å²) in [6.07, 6.45) is 3.04. The lowest BCUT2D eigenvalue weighted by Gasteiger charge is -2.00. The first-order chi connectivity index (χ1) is 10.7. The zero-order chi connectivity index (χ0) is 15.8. The second-order valence-corrected chi connectivity index (χ2v) is 4.85. The van der Waals surface area contributed by atoms with E-state index < -0.39 is 6.03 Å². The van der Waals surface area contributed by atoms with Gasteiger partial charge in [-0.3, -0.25) is 0 Å². The van der Waals surface area contributed by atoms with Gasteiger partial charge in [-0.05, 0) is 24.1 Å². The van der Waals surface area contributed by atoms with E-state index in [-0.39, 0.29) is 0 Å². The summed E-state index contributed by atoms with van der Waals surface area (Å²) >= 11 is 5.96. The second kappa shape index (κ2) is 7.95. The molecule has 0 saturated carbocycles. The molecule has 0 aliphatic heterocycles. The number of urea groups is 1. The maximum Gasteiger partial charge on any atom is 0.355 e. The first kappa shape index (κ1) is 15.7. The van der Waals surface area contributed by atoms with Crippen LogP contribution in [0.15, 0.2) is 58.7 Å². The highest BCUT2D eigenvalue weighted by molar-refractivity contribution is 6.33. The van der Waals surface area contributed by atoms with Crippen LogP contribution in [0.5, 0.6) is 0 Å². The van der Waals surface area contributed by atoms with Crippen LogP contribution in [0.25, 0.3) is 0 Å². The van der Waals surface area contributed by atoms with Crippen molar-refractivity contribution < 1.29 is 4.79 Å². The first-order valence-electron chi connectivity index (χ1n) is 6.59. The lowest BCUT2D eigenvalue weighted by molar-refractivity contribution is 0.242. The number of halogens is 1. The molecule has 6 heteroatoms. The van der Waals surface area contributed by atoms with E-state index in [0.717, 1.165) is 11.1 Å². The van der Waals surface area contributed by atoms with Crippen LogP contribution in [0.2, 0.25) is 5.02 Å². The third kappa shape index (κ3) is 4.71. The van der Waals surface area contributed by atoms with Gasteiger partial charge in [-0.2, -0.15) is 10.2 Å². The van der Waals surface area contributed by atoms with Gasteiger partial charge in [-0.15, -0.1) is 0 Å². The van der Waals surface area contributed by atoms with E-state index in [4.69, 9.17) is 11.6 Å². The number of hydrogen-bond donors (Lipinski definition) is 2. The van der Waals surface area contributed by atoms with Gasteiger partial charge in [0.1, 0.15) is 0 Å². The number of hydrogen-bond acceptors (Lipinski definition) is 3. The number of aryl methyl sites for hydroxylation is 1. The molecular formula is C16H15ClN4O. The first-order valence-corrected chi connectivity index (χ1v) is 6.97. The van der Waals surface area contributed by atoms with Crippen molar-refractivity contribution in [3.05, 3.63) is 70.2 Å². The van der Waals surface area contributed by atoms with Gasteiger partial charge in [0.15, 0.2) is 0 Å². The van der Waals surface area contributed by atoms with E-state index in [1.165, 1.54) is 6.21 Å². The van der Waals surface area contributed by atoms with E-state index in [1.807, 2.05) is 43.3 Å². The monoisotopic (exact) mass is 314 g/mol. The van der Waals surface area contributed by atoms with Gasteiger partial charge < -0.3 is 0 Å². The molecular weight excluding hydrogens is 300 g/mol. The number of rotatable bonds is 4. The smallest absolute Gasteiger partial charge is 0.245 e. The number of benzene rings is 2. The maximum absolute atomic E-state index is 11.5. The van der Waals surface area contributed by atoms with E-state index in [0.29, 0.717) is 10.6 Å². The van der Waals surface area contributed by atoms with Gasteiger partial charge >= 0.3 is 6.03 Å². The summed E-state index contributed by atoms with van der Waals surface area (Å²) in [5, 5.41) is 8.22. The Kier molecular flexibility index (Phi) is 5.68. The predicted molar refractivity (Wildman–Crippen MR) is 89.5 cm³/mol. The Morgan fingerprint density at radius 1 is 0.955 bits per heavy atom. The number of nitrogens with one attached hydrogen (secondary N) is 2. The van der Waals surface area contributed by atoms with Crippen LogP contribution in [0.3, 0.4) is 0 Å². The van der Waals surface area contributed by atoms with Crippen LogP contribution in [0, 0.1) is 6.92 Å². The Morgan fingerprint density at radius 3 is 2.14 bits per heavy atom. The van der Waals surface area contributed by atoms with Crippen LogP contribution in [0.4, 0.5) is 4.79 Å². The van der Waals surface area contributed by atoms with Crippen LogP contribution >= 0.6 is 11.6 Å². The van der Waals surface area contributed by atoms with Crippen molar-refractivity contribution in [1.82, 2.24) is 10.9 Å². The maximum atomic E-state index is 11.5. The Bertz CT molecular complexity index is 653. The van der Waals surface area contributed by atoms with E-state index in [1.54, 1.807) is 18.3 Å². The lowest BCUT2D eigenvalue weighted by atomic mass is 10.1. The van der Waals surface area contributed by atoms with Crippen molar-refractivity contribution in [1.29, 1.82) is 0 Å². The second-order valence-electron chi connectivity index (χ2n) is 4.45. The minimum atomic E-state index is -0.534. The molecule has 0 atom stereocenters. The van der Waals surface area contributed by atoms with Crippen molar-refractivity contribution in [2.45, 2.75) is 6.92 Å². The summed E-state index contributed by atoms with van der Waals surface area (Å²) in [7, 11) is 0. The number of nitrogens with zero attached hydrogens (tertiary/aromatic N) is 2. The van der Waals surface area contributed by atoms with Crippen molar-refractivity contribution in [2.75, 3.05) is 0 Å². The fourth-order valence-electron chi connectivity index (χ4n) is 1.66. The molecule has 2 amide bonds. The topological polar surface area (TPSA) is 65.8 Å². The summed E-state index contributed by atoms with van der Waals surface area (Å²) in [5.41, 5.74) is 7.36. The van der Waals surface area contributed by atoms with Gasteiger partial charge in [0, 0.05) is 10.6 Å². The zero-order valence-corrected chi connectivity index (χ0v) is 12.7. The number of carbonyl (C=O) groups excluding carboxylic acids is 1. The molecule has 0 aromatic heterocycles. The van der Waals surface area contributed by atoms with Gasteiger partial charge in [0.05, 0.1) is 12.4 Å². The highest BCUT2D eigenvalue weighted by Gasteiger charge is 1.97. The summed E-state index contributed by atoms with van der Waals surface area (Å²) in [6.45, 7) is 1.97. The summed E-state index contributed by atoms with van der Waals surface area (Å²) in [5.74, 6) is 0. The lowest BCUT2D eigenvalue weighted by Crippen LogP contribution is -2.28. The molecule has 0 fully saturated rings. The van der Waals surface area contributed by atoms with E-state index >= 15 is 0 Å². The molecule has 0 aliphatic carbocycles. The molecule has 2 rings (SSSR count). The summed E-state index contributed by atoms with van der Waals surface area (Å²) < 4.78 is 0. The molecule has 2 N–H and O–H groups in total. The number of amides is 2. The van der Waals surface area contributed by atoms with Gasteiger partial charge in [-0.25, -0.2) is 15.6 Å². The Morgan fingerprint density at radius 2 is 1.50 bits per heavy atom. The third-order valence-electron chi connectivity index (χ3n) is 2.83. The van der Waals surface area contributed by atoms with Crippen LogP contribution in [0.1, 0.15) is 16.7 Å². The largest absolute Gasteiger partial charge is 0.355 e. The fourth-order valence-corrected chi connectivity index (χ4v) is 1.84. The molecule has 22 heavy (non-hydrogen) atoms. The minimum absolute atomic E-state index is 0.534. The van der Waals surface area contributed by atoms with Crippen LogP contribution < -0.4 is 10.9 Å². The quantitative estimate of drug-likeness (QED) is 0.660. The normalized spacial score (nSPS) is 11.0. The number of carbonyl (C=O) groups is 1. The number of hydrazone groups is 2. The fraction of sp³-hybridized carbons (Fsp3) is 0.0625. The van der Waals surface area contributed by atoms with Crippen LogP contribution in [-0.2, 0) is 0 Å². The minimum Gasteiger partial charge on any atom is -0.245 e. The Labute approximate surface area is 133 Å². The Hall–Kier alpha value is -2.66. The zero-order valence-electron chi connectivity index (χ0n) is 12.0. The average Bonchev–Trinajstić information content (AvgIpc) is 2.51.